The first-order chi connectivity index (χ1) is 9.98. The van der Waals surface area contributed by atoms with Crippen LogP contribution in [0.3, 0.4) is 0 Å². The van der Waals surface area contributed by atoms with Gasteiger partial charge in [0, 0.05) is 32.1 Å². The monoisotopic (exact) mass is 348 g/mol. The molecule has 5 nitrogen and oxygen atoms in total. The van der Waals surface area contributed by atoms with Crippen molar-refractivity contribution in [1.82, 2.24) is 9.21 Å². The molecule has 1 saturated heterocycles. The second kappa shape index (κ2) is 5.87. The third-order valence-electron chi connectivity index (χ3n) is 3.84. The van der Waals surface area contributed by atoms with E-state index in [1.165, 1.54) is 4.31 Å². The van der Waals surface area contributed by atoms with Crippen molar-refractivity contribution in [3.63, 3.8) is 0 Å². The summed E-state index contributed by atoms with van der Waals surface area (Å²) in [5, 5.41) is 0. The summed E-state index contributed by atoms with van der Waals surface area (Å²) in [4.78, 5) is 13.9. The van der Waals surface area contributed by atoms with E-state index in [4.69, 9.17) is 11.6 Å². The Balaban J connectivity index is 1.70. The van der Waals surface area contributed by atoms with Crippen molar-refractivity contribution in [2.24, 2.45) is 5.92 Å². The number of amides is 1. The third-order valence-corrected chi connectivity index (χ3v) is 7.43. The largest absolute Gasteiger partial charge is 0.341 e. The molecule has 1 saturated carbocycles. The molecule has 2 aliphatic rings. The first-order valence-electron chi connectivity index (χ1n) is 7.03. The molecule has 1 aromatic rings. The van der Waals surface area contributed by atoms with E-state index in [2.05, 4.69) is 0 Å². The lowest BCUT2D eigenvalue weighted by atomic mass is 10.3. The Morgan fingerprint density at radius 2 is 1.95 bits per heavy atom. The van der Waals surface area contributed by atoms with Crippen LogP contribution in [-0.2, 0) is 14.8 Å². The number of hydrogen-bond donors (Lipinski definition) is 0. The molecule has 21 heavy (non-hydrogen) atoms. The van der Waals surface area contributed by atoms with Gasteiger partial charge in [0.25, 0.3) is 10.0 Å². The predicted octanol–water partition coefficient (Wildman–Crippen LogP) is 2.03. The smallest absolute Gasteiger partial charge is 0.252 e. The molecular formula is C13H17ClN2O3S2. The van der Waals surface area contributed by atoms with Gasteiger partial charge < -0.3 is 4.90 Å². The standard InChI is InChI=1S/C13H17ClN2O3S2/c14-11-4-5-12(20-11)21(18,19)16-7-1-6-15(8-9-16)13(17)10-2-3-10/h4-5,10H,1-3,6-9H2. The van der Waals surface area contributed by atoms with Gasteiger partial charge in [0.15, 0.2) is 0 Å². The maximum Gasteiger partial charge on any atom is 0.252 e. The van der Waals surface area contributed by atoms with E-state index in [1.54, 1.807) is 12.1 Å². The summed E-state index contributed by atoms with van der Waals surface area (Å²) in [6, 6.07) is 3.14. The molecule has 1 aliphatic carbocycles. The molecule has 0 N–H and O–H groups in total. The lowest BCUT2D eigenvalue weighted by molar-refractivity contribution is -0.132. The van der Waals surface area contributed by atoms with Crippen LogP contribution in [0.2, 0.25) is 4.34 Å². The molecule has 2 heterocycles. The highest BCUT2D eigenvalue weighted by atomic mass is 35.5. The fraction of sp³-hybridized carbons (Fsp3) is 0.615. The van der Waals surface area contributed by atoms with Crippen LogP contribution in [0.5, 0.6) is 0 Å². The average molecular weight is 349 g/mol. The van der Waals surface area contributed by atoms with Crippen molar-refractivity contribution in [1.29, 1.82) is 0 Å². The van der Waals surface area contributed by atoms with Crippen molar-refractivity contribution in [2.75, 3.05) is 26.2 Å². The van der Waals surface area contributed by atoms with E-state index < -0.39 is 10.0 Å². The minimum atomic E-state index is -3.49. The molecular weight excluding hydrogens is 332 g/mol. The Hall–Kier alpha value is -0.630. The molecule has 2 fully saturated rings. The van der Waals surface area contributed by atoms with Crippen LogP contribution in [0, 0.1) is 5.92 Å². The van der Waals surface area contributed by atoms with Gasteiger partial charge in [-0.25, -0.2) is 8.42 Å². The molecule has 0 radical (unpaired) electrons. The number of rotatable bonds is 3. The molecule has 1 aromatic heterocycles. The van der Waals surface area contributed by atoms with Crippen molar-refractivity contribution in [3.05, 3.63) is 16.5 Å². The summed E-state index contributed by atoms with van der Waals surface area (Å²) in [5.41, 5.74) is 0. The summed E-state index contributed by atoms with van der Waals surface area (Å²) in [6.07, 6.45) is 2.63. The first kappa shape index (κ1) is 15.3. The van der Waals surface area contributed by atoms with E-state index in [1.807, 2.05) is 4.90 Å². The lowest BCUT2D eigenvalue weighted by Gasteiger charge is -2.21. The lowest BCUT2D eigenvalue weighted by Crippen LogP contribution is -2.37. The molecule has 8 heteroatoms. The molecule has 1 aliphatic heterocycles. The normalized spacial score (nSPS) is 21.3. The Bertz CT molecular complexity index is 640. The maximum absolute atomic E-state index is 12.6. The van der Waals surface area contributed by atoms with Gasteiger partial charge in [0.2, 0.25) is 5.91 Å². The van der Waals surface area contributed by atoms with Gasteiger partial charge in [0.1, 0.15) is 4.21 Å². The van der Waals surface area contributed by atoms with Crippen molar-refractivity contribution in [3.8, 4) is 0 Å². The minimum absolute atomic E-state index is 0.184. The van der Waals surface area contributed by atoms with Crippen LogP contribution in [0.1, 0.15) is 19.3 Å². The number of carbonyl (C=O) groups is 1. The zero-order chi connectivity index (χ0) is 15.0. The number of nitrogens with zero attached hydrogens (tertiary/aromatic N) is 2. The molecule has 0 atom stereocenters. The number of sulfonamides is 1. The van der Waals surface area contributed by atoms with Crippen LogP contribution < -0.4 is 0 Å². The third kappa shape index (κ3) is 3.26. The van der Waals surface area contributed by atoms with Gasteiger partial charge in [0.05, 0.1) is 4.34 Å². The summed E-state index contributed by atoms with van der Waals surface area (Å²) in [5.74, 6) is 0.373. The van der Waals surface area contributed by atoms with Gasteiger partial charge in [-0.05, 0) is 31.4 Å². The molecule has 1 amide bonds. The Labute approximate surface area is 133 Å². The molecule has 0 aromatic carbocycles. The van der Waals surface area contributed by atoms with E-state index in [-0.39, 0.29) is 16.0 Å². The topological polar surface area (TPSA) is 57.7 Å². The van der Waals surface area contributed by atoms with Gasteiger partial charge in [-0.15, -0.1) is 11.3 Å². The summed E-state index contributed by atoms with van der Waals surface area (Å²) in [6.45, 7) is 1.93. The Morgan fingerprint density at radius 1 is 1.19 bits per heavy atom. The predicted molar refractivity (Wildman–Crippen MR) is 82.0 cm³/mol. The van der Waals surface area contributed by atoms with Crippen LogP contribution in [0.4, 0.5) is 0 Å². The zero-order valence-electron chi connectivity index (χ0n) is 11.5. The minimum Gasteiger partial charge on any atom is -0.341 e. The van der Waals surface area contributed by atoms with Crippen LogP contribution in [0.25, 0.3) is 0 Å². The van der Waals surface area contributed by atoms with Crippen LogP contribution >= 0.6 is 22.9 Å². The first-order valence-corrected chi connectivity index (χ1v) is 9.66. The summed E-state index contributed by atoms with van der Waals surface area (Å²) in [7, 11) is -3.49. The van der Waals surface area contributed by atoms with Crippen molar-refractivity contribution >= 4 is 38.9 Å². The van der Waals surface area contributed by atoms with Gasteiger partial charge in [-0.3, -0.25) is 4.79 Å². The number of hydrogen-bond acceptors (Lipinski definition) is 4. The fourth-order valence-electron chi connectivity index (χ4n) is 2.51. The fourth-order valence-corrected chi connectivity index (χ4v) is 5.61. The summed E-state index contributed by atoms with van der Waals surface area (Å²) < 4.78 is 27.3. The Kier molecular flexibility index (Phi) is 4.27. The van der Waals surface area contributed by atoms with Crippen molar-refractivity contribution in [2.45, 2.75) is 23.5 Å². The second-order valence-corrected chi connectivity index (χ2v) is 9.30. The average Bonchev–Trinajstić information content (AvgIpc) is 3.23. The molecule has 0 unspecified atom stereocenters. The molecule has 3 rings (SSSR count). The van der Waals surface area contributed by atoms with E-state index in [0.717, 1.165) is 24.2 Å². The molecule has 0 bridgehead atoms. The van der Waals surface area contributed by atoms with E-state index in [0.29, 0.717) is 36.9 Å². The quantitative estimate of drug-likeness (QED) is 0.839. The van der Waals surface area contributed by atoms with Crippen LogP contribution in [-0.4, -0.2) is 49.7 Å². The highest BCUT2D eigenvalue weighted by Gasteiger charge is 2.35. The maximum atomic E-state index is 12.6. The molecule has 116 valence electrons. The number of halogens is 1. The molecule has 0 spiro atoms. The Morgan fingerprint density at radius 3 is 2.57 bits per heavy atom. The summed E-state index contributed by atoms with van der Waals surface area (Å²) >= 11 is 6.90. The number of thiophene rings is 1. The van der Waals surface area contributed by atoms with Gasteiger partial charge in [-0.1, -0.05) is 11.6 Å². The number of carbonyl (C=O) groups excluding carboxylic acids is 1. The van der Waals surface area contributed by atoms with Crippen molar-refractivity contribution < 1.29 is 13.2 Å². The van der Waals surface area contributed by atoms with E-state index in [9.17, 15) is 13.2 Å². The zero-order valence-corrected chi connectivity index (χ0v) is 13.9. The highest BCUT2D eigenvalue weighted by Crippen LogP contribution is 2.32. The van der Waals surface area contributed by atoms with Gasteiger partial charge in [-0.2, -0.15) is 4.31 Å². The highest BCUT2D eigenvalue weighted by molar-refractivity contribution is 7.91. The second-order valence-electron chi connectivity index (χ2n) is 5.42. The van der Waals surface area contributed by atoms with Gasteiger partial charge >= 0.3 is 0 Å². The van der Waals surface area contributed by atoms with E-state index >= 15 is 0 Å². The SMILES string of the molecule is O=C(C1CC1)N1CCCN(S(=O)(=O)c2ccc(Cl)s2)CC1. The van der Waals surface area contributed by atoms with Crippen LogP contribution in [0.15, 0.2) is 16.3 Å².